The summed E-state index contributed by atoms with van der Waals surface area (Å²) in [7, 11) is 0. The van der Waals surface area contributed by atoms with Crippen LogP contribution in [0.25, 0.3) is 0 Å². The number of hydrazone groups is 1. The first kappa shape index (κ1) is 15.0. The van der Waals surface area contributed by atoms with E-state index in [4.69, 9.17) is 16.6 Å². The van der Waals surface area contributed by atoms with Crippen molar-refractivity contribution in [2.24, 2.45) is 5.10 Å². The highest BCUT2D eigenvalue weighted by Gasteiger charge is 2.30. The van der Waals surface area contributed by atoms with E-state index in [1.54, 1.807) is 12.1 Å². The monoisotopic (exact) mass is 313 g/mol. The lowest BCUT2D eigenvalue weighted by molar-refractivity contribution is -0.137. The molecule has 0 saturated carbocycles. The van der Waals surface area contributed by atoms with Gasteiger partial charge in [-0.15, -0.1) is 0 Å². The van der Waals surface area contributed by atoms with Gasteiger partial charge < -0.3 is 9.73 Å². The molecule has 21 heavy (non-hydrogen) atoms. The standard InChI is InChI=1S/C13H10F3N3OS/c14-13(15,16)9-3-1-4-10(7-9)18-12(21)19-17-8-11-5-2-6-20-11/h1-8H,(H2,18,19,21). The molecule has 2 N–H and O–H groups in total. The summed E-state index contributed by atoms with van der Waals surface area (Å²) in [5.41, 5.74) is 1.94. The van der Waals surface area contributed by atoms with Gasteiger partial charge in [0.25, 0.3) is 0 Å². The average Bonchev–Trinajstić information content (AvgIpc) is 2.91. The van der Waals surface area contributed by atoms with Gasteiger partial charge in [0.05, 0.1) is 18.0 Å². The Bertz CT molecular complexity index is 638. The first-order chi connectivity index (χ1) is 9.95. The van der Waals surface area contributed by atoms with Crippen molar-refractivity contribution in [2.75, 3.05) is 5.32 Å². The van der Waals surface area contributed by atoms with Gasteiger partial charge in [-0.1, -0.05) is 6.07 Å². The SMILES string of the molecule is FC(F)(F)c1cccc(NC(=S)NN=Cc2ccco2)c1. The zero-order chi connectivity index (χ0) is 15.3. The summed E-state index contributed by atoms with van der Waals surface area (Å²) in [5.74, 6) is 0.518. The van der Waals surface area contributed by atoms with Crippen LogP contribution in [-0.4, -0.2) is 11.3 Å². The summed E-state index contributed by atoms with van der Waals surface area (Å²) in [5, 5.41) is 6.46. The van der Waals surface area contributed by atoms with Crippen molar-refractivity contribution < 1.29 is 17.6 Å². The maximum absolute atomic E-state index is 12.6. The van der Waals surface area contributed by atoms with Gasteiger partial charge >= 0.3 is 6.18 Å². The highest BCUT2D eigenvalue weighted by Crippen LogP contribution is 2.30. The van der Waals surface area contributed by atoms with Gasteiger partial charge in [-0.2, -0.15) is 18.3 Å². The van der Waals surface area contributed by atoms with E-state index in [1.165, 1.54) is 24.6 Å². The van der Waals surface area contributed by atoms with Crippen molar-refractivity contribution in [1.29, 1.82) is 0 Å². The molecule has 0 fully saturated rings. The molecule has 1 aromatic heterocycles. The van der Waals surface area contributed by atoms with Crippen LogP contribution in [-0.2, 0) is 6.18 Å². The Kier molecular flexibility index (Phi) is 4.59. The minimum Gasteiger partial charge on any atom is -0.463 e. The molecule has 0 aliphatic carbocycles. The number of thiocarbonyl (C=S) groups is 1. The van der Waals surface area contributed by atoms with Gasteiger partial charge in [-0.05, 0) is 42.5 Å². The second-order valence-electron chi connectivity index (χ2n) is 3.92. The molecule has 0 saturated heterocycles. The molecule has 2 rings (SSSR count). The van der Waals surface area contributed by atoms with Crippen molar-refractivity contribution in [3.8, 4) is 0 Å². The number of halogens is 3. The molecule has 110 valence electrons. The number of benzene rings is 1. The number of hydrogen-bond donors (Lipinski definition) is 2. The molecule has 0 spiro atoms. The Balaban J connectivity index is 1.94. The van der Waals surface area contributed by atoms with Crippen LogP contribution in [0.3, 0.4) is 0 Å². The number of nitrogens with zero attached hydrogens (tertiary/aromatic N) is 1. The predicted octanol–water partition coefficient (Wildman–Crippen LogP) is 3.62. The second kappa shape index (κ2) is 6.40. The number of furan rings is 1. The highest BCUT2D eigenvalue weighted by atomic mass is 32.1. The molecule has 2 aromatic rings. The molecular weight excluding hydrogens is 303 g/mol. The zero-order valence-electron chi connectivity index (χ0n) is 10.5. The van der Waals surface area contributed by atoms with Gasteiger partial charge in [0.2, 0.25) is 0 Å². The van der Waals surface area contributed by atoms with Crippen LogP contribution >= 0.6 is 12.2 Å². The molecule has 0 unspecified atom stereocenters. The Morgan fingerprint density at radius 1 is 1.24 bits per heavy atom. The Hall–Kier alpha value is -2.35. The summed E-state index contributed by atoms with van der Waals surface area (Å²) >= 11 is 4.92. The highest BCUT2D eigenvalue weighted by molar-refractivity contribution is 7.80. The molecule has 0 radical (unpaired) electrons. The third-order valence-corrected chi connectivity index (χ3v) is 2.54. The van der Waals surface area contributed by atoms with E-state index in [1.807, 2.05) is 0 Å². The molecule has 1 aromatic carbocycles. The van der Waals surface area contributed by atoms with E-state index >= 15 is 0 Å². The minimum absolute atomic E-state index is 0.0668. The Morgan fingerprint density at radius 3 is 2.71 bits per heavy atom. The van der Waals surface area contributed by atoms with Crippen LogP contribution in [0.15, 0.2) is 52.2 Å². The van der Waals surface area contributed by atoms with E-state index in [0.717, 1.165) is 12.1 Å². The smallest absolute Gasteiger partial charge is 0.416 e. The molecular formula is C13H10F3N3OS. The van der Waals surface area contributed by atoms with E-state index in [0.29, 0.717) is 5.76 Å². The maximum atomic E-state index is 12.6. The van der Waals surface area contributed by atoms with Crippen LogP contribution in [0, 0.1) is 0 Å². The fourth-order valence-corrected chi connectivity index (χ4v) is 1.62. The first-order valence-corrected chi connectivity index (χ1v) is 6.17. The zero-order valence-corrected chi connectivity index (χ0v) is 11.3. The van der Waals surface area contributed by atoms with Crippen molar-refractivity contribution in [3.05, 3.63) is 54.0 Å². The first-order valence-electron chi connectivity index (χ1n) is 5.76. The molecule has 0 aliphatic rings. The Labute approximate surface area is 123 Å². The van der Waals surface area contributed by atoms with Crippen molar-refractivity contribution in [2.45, 2.75) is 6.18 Å². The fourth-order valence-electron chi connectivity index (χ4n) is 1.45. The van der Waals surface area contributed by atoms with Crippen molar-refractivity contribution in [1.82, 2.24) is 5.43 Å². The molecule has 0 amide bonds. The third-order valence-electron chi connectivity index (χ3n) is 2.35. The number of anilines is 1. The Morgan fingerprint density at radius 2 is 2.05 bits per heavy atom. The van der Waals surface area contributed by atoms with Crippen molar-refractivity contribution in [3.63, 3.8) is 0 Å². The van der Waals surface area contributed by atoms with Crippen LogP contribution < -0.4 is 10.7 Å². The van der Waals surface area contributed by atoms with Crippen LogP contribution in [0.4, 0.5) is 18.9 Å². The number of nitrogens with one attached hydrogen (secondary N) is 2. The summed E-state index contributed by atoms with van der Waals surface area (Å²) in [4.78, 5) is 0. The van der Waals surface area contributed by atoms with Crippen LogP contribution in [0.1, 0.15) is 11.3 Å². The molecule has 4 nitrogen and oxygen atoms in total. The molecule has 0 atom stereocenters. The molecule has 0 bridgehead atoms. The topological polar surface area (TPSA) is 49.6 Å². The van der Waals surface area contributed by atoms with Gasteiger partial charge in [0, 0.05) is 5.69 Å². The second-order valence-corrected chi connectivity index (χ2v) is 4.33. The van der Waals surface area contributed by atoms with Crippen LogP contribution in [0.2, 0.25) is 0 Å². The van der Waals surface area contributed by atoms with E-state index < -0.39 is 11.7 Å². The minimum atomic E-state index is -4.40. The lowest BCUT2D eigenvalue weighted by Gasteiger charge is -2.10. The normalized spacial score (nSPS) is 11.6. The van der Waals surface area contributed by atoms with Gasteiger partial charge in [-0.3, -0.25) is 5.43 Å². The summed E-state index contributed by atoms with van der Waals surface area (Å²) in [6, 6.07) is 8.09. The van der Waals surface area contributed by atoms with Gasteiger partial charge in [-0.25, -0.2) is 0 Å². The molecule has 1 heterocycles. The average molecular weight is 313 g/mol. The lowest BCUT2D eigenvalue weighted by Crippen LogP contribution is -2.24. The third kappa shape index (κ3) is 4.60. The summed E-state index contributed by atoms with van der Waals surface area (Å²) < 4.78 is 42.7. The maximum Gasteiger partial charge on any atom is 0.416 e. The predicted molar refractivity (Wildman–Crippen MR) is 77.1 cm³/mol. The number of hydrogen-bond acceptors (Lipinski definition) is 3. The lowest BCUT2D eigenvalue weighted by atomic mass is 10.2. The van der Waals surface area contributed by atoms with Gasteiger partial charge in [0.1, 0.15) is 5.76 Å². The summed E-state index contributed by atoms with van der Waals surface area (Å²) in [6.07, 6.45) is -1.52. The van der Waals surface area contributed by atoms with E-state index in [2.05, 4.69) is 15.8 Å². The number of alkyl halides is 3. The number of rotatable bonds is 3. The van der Waals surface area contributed by atoms with Crippen LogP contribution in [0.5, 0.6) is 0 Å². The quantitative estimate of drug-likeness (QED) is 0.516. The van der Waals surface area contributed by atoms with E-state index in [9.17, 15) is 13.2 Å². The summed E-state index contributed by atoms with van der Waals surface area (Å²) in [6.45, 7) is 0. The van der Waals surface area contributed by atoms with Gasteiger partial charge in [0.15, 0.2) is 5.11 Å². The van der Waals surface area contributed by atoms with Crippen molar-refractivity contribution >= 4 is 29.2 Å². The molecule has 0 aliphatic heterocycles. The largest absolute Gasteiger partial charge is 0.463 e. The van der Waals surface area contributed by atoms with E-state index in [-0.39, 0.29) is 10.8 Å². The molecule has 8 heteroatoms. The fraction of sp³-hybridized carbons (Fsp3) is 0.0769.